The van der Waals surface area contributed by atoms with E-state index in [2.05, 4.69) is 10.2 Å². The van der Waals surface area contributed by atoms with Gasteiger partial charge in [-0.2, -0.15) is 0 Å². The highest BCUT2D eigenvalue weighted by Crippen LogP contribution is 2.25. The Balaban J connectivity index is 2.46. The summed E-state index contributed by atoms with van der Waals surface area (Å²) in [6.45, 7) is 0. The zero-order valence-electron chi connectivity index (χ0n) is 8.70. The second-order valence-electron chi connectivity index (χ2n) is 3.68. The third-order valence-electron chi connectivity index (χ3n) is 2.65. The fraction of sp³-hybridized carbons (Fsp3) is 0. The summed E-state index contributed by atoms with van der Waals surface area (Å²) in [6.07, 6.45) is 0. The highest BCUT2D eigenvalue weighted by molar-refractivity contribution is 6.04. The summed E-state index contributed by atoms with van der Waals surface area (Å²) in [4.78, 5) is 10.3. The van der Waals surface area contributed by atoms with Gasteiger partial charge in [0.05, 0.1) is 16.0 Å². The third kappa shape index (κ3) is 1.48. The third-order valence-corrected chi connectivity index (χ3v) is 2.65. The van der Waals surface area contributed by atoms with Gasteiger partial charge in [-0.1, -0.05) is 18.2 Å². The summed E-state index contributed by atoms with van der Waals surface area (Å²) < 4.78 is 0. The largest absolute Gasteiger partial charge is 0.270 e. The molecule has 0 aliphatic carbocycles. The van der Waals surface area contributed by atoms with Crippen LogP contribution in [0, 0.1) is 10.1 Å². The molecular weight excluding hydrogens is 218 g/mol. The fourth-order valence-corrected chi connectivity index (χ4v) is 1.84. The van der Waals surface area contributed by atoms with Gasteiger partial charge >= 0.3 is 0 Å². The summed E-state index contributed by atoms with van der Waals surface area (Å²) in [7, 11) is 0. The van der Waals surface area contributed by atoms with Crippen molar-refractivity contribution in [1.29, 1.82) is 0 Å². The molecule has 3 rings (SSSR count). The number of hydrogen-bond acceptors (Lipinski definition) is 4. The van der Waals surface area contributed by atoms with Crippen LogP contribution in [-0.4, -0.2) is 15.1 Å². The van der Waals surface area contributed by atoms with E-state index in [4.69, 9.17) is 0 Å². The normalized spacial score (nSPS) is 10.8. The first kappa shape index (κ1) is 9.65. The van der Waals surface area contributed by atoms with E-state index in [0.717, 1.165) is 16.3 Å². The van der Waals surface area contributed by atoms with Crippen LogP contribution >= 0.6 is 0 Å². The molecule has 0 atom stereocenters. The highest BCUT2D eigenvalue weighted by Gasteiger charge is 2.09. The lowest BCUT2D eigenvalue weighted by atomic mass is 10.1. The van der Waals surface area contributed by atoms with Crippen molar-refractivity contribution in [3.05, 3.63) is 52.6 Å². The molecule has 2 aromatic carbocycles. The molecule has 0 aliphatic heterocycles. The van der Waals surface area contributed by atoms with Gasteiger partial charge in [-0.3, -0.25) is 10.1 Å². The maximum Gasteiger partial charge on any atom is 0.270 e. The Morgan fingerprint density at radius 3 is 2.41 bits per heavy atom. The van der Waals surface area contributed by atoms with Crippen LogP contribution in [0.25, 0.3) is 21.8 Å². The lowest BCUT2D eigenvalue weighted by Crippen LogP contribution is -1.91. The average Bonchev–Trinajstić information content (AvgIpc) is 2.38. The number of nitro benzene ring substituents is 1. The van der Waals surface area contributed by atoms with Crippen molar-refractivity contribution in [3.8, 4) is 0 Å². The molecule has 0 aliphatic rings. The number of nitrogens with zero attached hydrogens (tertiary/aromatic N) is 3. The first-order valence-corrected chi connectivity index (χ1v) is 5.05. The van der Waals surface area contributed by atoms with Crippen molar-refractivity contribution in [1.82, 2.24) is 10.2 Å². The lowest BCUT2D eigenvalue weighted by Gasteiger charge is -2.01. The Kier molecular flexibility index (Phi) is 1.98. The van der Waals surface area contributed by atoms with E-state index >= 15 is 0 Å². The Labute approximate surface area is 95.9 Å². The van der Waals surface area contributed by atoms with Crippen molar-refractivity contribution in [2.24, 2.45) is 0 Å². The number of benzene rings is 2. The Bertz CT molecular complexity index is 740. The van der Waals surface area contributed by atoms with Gasteiger partial charge in [-0.25, -0.2) is 0 Å². The Hall–Kier alpha value is -2.56. The van der Waals surface area contributed by atoms with Crippen LogP contribution in [0.5, 0.6) is 0 Å². The molecule has 0 saturated carbocycles. The summed E-state index contributed by atoms with van der Waals surface area (Å²) in [6, 6.07) is 12.0. The van der Waals surface area contributed by atoms with Crippen molar-refractivity contribution >= 4 is 27.5 Å². The van der Waals surface area contributed by atoms with Crippen LogP contribution in [-0.2, 0) is 0 Å². The minimum absolute atomic E-state index is 0.0654. The van der Waals surface area contributed by atoms with Gasteiger partial charge in [0.1, 0.15) is 0 Å². The lowest BCUT2D eigenvalue weighted by molar-refractivity contribution is -0.384. The number of nitro groups is 1. The second-order valence-corrected chi connectivity index (χ2v) is 3.68. The predicted octanol–water partition coefficient (Wildman–Crippen LogP) is 2.69. The Morgan fingerprint density at radius 1 is 0.941 bits per heavy atom. The zero-order valence-corrected chi connectivity index (χ0v) is 8.70. The van der Waals surface area contributed by atoms with Crippen molar-refractivity contribution in [2.45, 2.75) is 0 Å². The van der Waals surface area contributed by atoms with Crippen LogP contribution in [0.4, 0.5) is 5.69 Å². The molecule has 0 unspecified atom stereocenters. The first-order chi connectivity index (χ1) is 8.25. The molecule has 5 nitrogen and oxygen atoms in total. The molecular formula is C12H7N3O2. The number of rotatable bonds is 1. The summed E-state index contributed by atoms with van der Waals surface area (Å²) in [5, 5.41) is 20.5. The summed E-state index contributed by atoms with van der Waals surface area (Å²) in [5.41, 5.74) is 1.46. The molecule has 0 spiro atoms. The highest BCUT2D eigenvalue weighted by atomic mass is 16.6. The number of hydrogen-bond donors (Lipinski definition) is 0. The summed E-state index contributed by atoms with van der Waals surface area (Å²) >= 11 is 0. The van der Waals surface area contributed by atoms with Gasteiger partial charge in [-0.15, -0.1) is 10.2 Å². The van der Waals surface area contributed by atoms with Gasteiger partial charge in [0, 0.05) is 22.9 Å². The quantitative estimate of drug-likeness (QED) is 0.362. The van der Waals surface area contributed by atoms with Crippen LogP contribution in [0.15, 0.2) is 42.5 Å². The molecule has 82 valence electrons. The van der Waals surface area contributed by atoms with Crippen molar-refractivity contribution in [2.75, 3.05) is 0 Å². The van der Waals surface area contributed by atoms with E-state index in [9.17, 15) is 10.1 Å². The van der Waals surface area contributed by atoms with E-state index in [-0.39, 0.29) is 5.69 Å². The fourth-order valence-electron chi connectivity index (χ4n) is 1.84. The molecule has 0 bridgehead atoms. The maximum atomic E-state index is 10.8. The van der Waals surface area contributed by atoms with Gasteiger partial charge in [0.15, 0.2) is 0 Å². The first-order valence-electron chi connectivity index (χ1n) is 5.05. The van der Waals surface area contributed by atoms with Gasteiger partial charge in [0.2, 0.25) is 0 Å². The molecule has 0 saturated heterocycles. The van der Waals surface area contributed by atoms with E-state index < -0.39 is 4.92 Å². The molecule has 0 radical (unpaired) electrons. The topological polar surface area (TPSA) is 68.9 Å². The minimum Gasteiger partial charge on any atom is -0.258 e. The van der Waals surface area contributed by atoms with Crippen molar-refractivity contribution in [3.63, 3.8) is 0 Å². The molecule has 1 heterocycles. The number of aromatic nitrogens is 2. The zero-order chi connectivity index (χ0) is 11.8. The van der Waals surface area contributed by atoms with Crippen molar-refractivity contribution < 1.29 is 4.92 Å². The predicted molar refractivity (Wildman–Crippen MR) is 63.7 cm³/mol. The van der Waals surface area contributed by atoms with E-state index in [1.165, 1.54) is 12.1 Å². The molecule has 17 heavy (non-hydrogen) atoms. The van der Waals surface area contributed by atoms with Gasteiger partial charge in [-0.05, 0) is 12.1 Å². The smallest absolute Gasteiger partial charge is 0.258 e. The average molecular weight is 225 g/mol. The van der Waals surface area contributed by atoms with Crippen LogP contribution < -0.4 is 0 Å². The van der Waals surface area contributed by atoms with Crippen LogP contribution in [0.2, 0.25) is 0 Å². The minimum atomic E-state index is -0.408. The molecule has 3 aromatic rings. The van der Waals surface area contributed by atoms with Crippen LogP contribution in [0.1, 0.15) is 0 Å². The molecule has 0 fully saturated rings. The van der Waals surface area contributed by atoms with E-state index in [1.54, 1.807) is 6.07 Å². The SMILES string of the molecule is O=[N+]([O-])c1ccc2nnc3ccccc3c2c1. The maximum absolute atomic E-state index is 10.8. The standard InChI is InChI=1S/C12H7N3O2/c16-15(17)8-5-6-12-10(7-8)9-3-1-2-4-11(9)13-14-12/h1-7H. The monoisotopic (exact) mass is 225 g/mol. The Morgan fingerprint density at radius 2 is 1.65 bits per heavy atom. The van der Waals surface area contributed by atoms with Crippen LogP contribution in [0.3, 0.4) is 0 Å². The van der Waals surface area contributed by atoms with E-state index in [0.29, 0.717) is 5.52 Å². The van der Waals surface area contributed by atoms with E-state index in [1.807, 2.05) is 24.3 Å². The van der Waals surface area contributed by atoms with Gasteiger partial charge in [0.25, 0.3) is 5.69 Å². The molecule has 1 aromatic heterocycles. The summed E-state index contributed by atoms with van der Waals surface area (Å²) in [5.74, 6) is 0. The number of fused-ring (bicyclic) bond motifs is 3. The second kappa shape index (κ2) is 3.48. The van der Waals surface area contributed by atoms with Gasteiger partial charge < -0.3 is 0 Å². The molecule has 5 heteroatoms. The molecule has 0 amide bonds. The molecule has 0 N–H and O–H groups in total. The number of non-ortho nitro benzene ring substituents is 1.